The molecule has 51 heavy (non-hydrogen) atoms. The van der Waals surface area contributed by atoms with Crippen molar-refractivity contribution in [1.29, 1.82) is 0 Å². The monoisotopic (exact) mass is 737 g/mol. The van der Waals surface area contributed by atoms with E-state index in [9.17, 15) is 31.9 Å². The molecule has 2 aromatic heterocycles. The molecule has 18 heteroatoms. The van der Waals surface area contributed by atoms with Crippen LogP contribution in [0.2, 0.25) is 0 Å². The predicted octanol–water partition coefficient (Wildman–Crippen LogP) is 5.52. The summed E-state index contributed by atoms with van der Waals surface area (Å²) in [5.74, 6) is -2.12. The normalized spacial score (nSPS) is 23.6. The second-order valence-electron chi connectivity index (χ2n) is 13.7. The number of carbonyl (C=O) groups is 1. The highest BCUT2D eigenvalue weighted by molar-refractivity contribution is 7.22. The van der Waals surface area contributed by atoms with Gasteiger partial charge >= 0.3 is 18.3 Å². The number of nitrogen functional groups attached to an aromatic ring is 1. The number of benzene rings is 2. The number of aliphatic hydroxyl groups excluding tert-OH is 1. The molecular formula is C33H33F6N7O4S. The molecule has 8 rings (SSSR count). The van der Waals surface area contributed by atoms with Gasteiger partial charge in [-0.15, -0.1) is 0 Å². The third kappa shape index (κ3) is 5.74. The minimum absolute atomic E-state index is 0.0100. The standard InChI is InChI=1S/C33H33F6N7O4S/c34-17-13-31(4-1-7-46(31)14-17)16-49-29-42-24-19(27(43-29)44-8-5-32(6-9-44)15-45(10-11-47)30(48)50-32)12-20(33(37,38)39)22(23(24)36)18-2-3-21(35)26-25(18)41-28(40)51-26/h2-3,12,17,47H,1,4-11,13-16H2,(H2,40,41)/t17-,31+/m1/s1. The van der Waals surface area contributed by atoms with Crippen LogP contribution in [0.1, 0.15) is 37.7 Å². The van der Waals surface area contributed by atoms with E-state index >= 15 is 4.39 Å². The third-order valence-corrected chi connectivity index (χ3v) is 11.5. The van der Waals surface area contributed by atoms with Gasteiger partial charge in [-0.1, -0.05) is 11.3 Å². The minimum atomic E-state index is -5.07. The molecule has 4 aliphatic rings. The van der Waals surface area contributed by atoms with Crippen LogP contribution >= 0.6 is 11.3 Å². The van der Waals surface area contributed by atoms with Crippen molar-refractivity contribution in [3.63, 3.8) is 0 Å². The zero-order chi connectivity index (χ0) is 35.9. The Hall–Kier alpha value is -4.16. The van der Waals surface area contributed by atoms with E-state index in [0.29, 0.717) is 13.0 Å². The fourth-order valence-electron chi connectivity index (χ4n) is 8.20. The second kappa shape index (κ2) is 12.2. The molecule has 0 radical (unpaired) electrons. The average molecular weight is 738 g/mol. The van der Waals surface area contributed by atoms with E-state index in [1.807, 2.05) is 4.90 Å². The van der Waals surface area contributed by atoms with Gasteiger partial charge in [-0.05, 0) is 37.6 Å². The molecule has 1 spiro atoms. The molecule has 4 fully saturated rings. The fraction of sp³-hybridized carbons (Fsp3) is 0.515. The number of halogens is 6. The van der Waals surface area contributed by atoms with E-state index in [1.165, 1.54) is 4.90 Å². The van der Waals surface area contributed by atoms with E-state index in [4.69, 9.17) is 15.2 Å². The van der Waals surface area contributed by atoms with Gasteiger partial charge in [-0.25, -0.2) is 22.9 Å². The van der Waals surface area contributed by atoms with Crippen molar-refractivity contribution in [3.8, 4) is 17.1 Å². The number of rotatable bonds is 7. The largest absolute Gasteiger partial charge is 0.461 e. The van der Waals surface area contributed by atoms with Crippen molar-refractivity contribution in [2.75, 3.05) is 63.1 Å². The van der Waals surface area contributed by atoms with Gasteiger partial charge in [0.15, 0.2) is 10.9 Å². The number of aliphatic hydroxyl groups is 1. The maximum atomic E-state index is 17.0. The van der Waals surface area contributed by atoms with Gasteiger partial charge in [0.25, 0.3) is 0 Å². The molecule has 4 saturated heterocycles. The summed E-state index contributed by atoms with van der Waals surface area (Å²) in [6, 6.07) is 2.45. The molecule has 0 aliphatic carbocycles. The number of β-amino-alcohol motifs (C(OH)–C–C–N with tert-alkyl or cyclic N) is 1. The van der Waals surface area contributed by atoms with Crippen LogP contribution in [0.15, 0.2) is 18.2 Å². The summed E-state index contributed by atoms with van der Waals surface area (Å²) in [7, 11) is 0. The highest BCUT2D eigenvalue weighted by atomic mass is 32.1. The summed E-state index contributed by atoms with van der Waals surface area (Å²) in [4.78, 5) is 30.4. The maximum absolute atomic E-state index is 17.0. The topological polar surface area (TPSA) is 130 Å². The first kappa shape index (κ1) is 34.0. The van der Waals surface area contributed by atoms with E-state index < -0.39 is 57.9 Å². The molecule has 3 N–H and O–H groups in total. The van der Waals surface area contributed by atoms with E-state index in [0.717, 1.165) is 36.0 Å². The SMILES string of the molecule is Nc1nc2c(-c3c(C(F)(F)F)cc4c(N5CCC6(CC5)CN(CCO)C(=O)O6)nc(OC[C@@]56CCCN5C[C@H](F)C6)nc4c3F)ccc(F)c2s1. The van der Waals surface area contributed by atoms with Crippen molar-refractivity contribution < 1.29 is 45.7 Å². The Morgan fingerprint density at radius 2 is 1.88 bits per heavy atom. The van der Waals surface area contributed by atoms with Crippen molar-refractivity contribution >= 4 is 49.5 Å². The van der Waals surface area contributed by atoms with E-state index in [-0.39, 0.29) is 103 Å². The number of hydrogen-bond acceptors (Lipinski definition) is 11. The number of thiazole rings is 1. The second-order valence-corrected chi connectivity index (χ2v) is 14.7. The van der Waals surface area contributed by atoms with Crippen molar-refractivity contribution in [1.82, 2.24) is 24.8 Å². The minimum Gasteiger partial charge on any atom is -0.461 e. The number of nitrogens with zero attached hydrogens (tertiary/aromatic N) is 6. The Balaban J connectivity index is 1.25. The van der Waals surface area contributed by atoms with E-state index in [2.05, 4.69) is 15.0 Å². The molecule has 2 atom stereocenters. The number of ether oxygens (including phenoxy) is 2. The summed E-state index contributed by atoms with van der Waals surface area (Å²) in [5, 5.41) is 9.00. The first-order valence-corrected chi connectivity index (χ1v) is 17.4. The van der Waals surface area contributed by atoms with Crippen LogP contribution in [0.5, 0.6) is 6.01 Å². The Bertz CT molecular complexity index is 2040. The maximum Gasteiger partial charge on any atom is 0.417 e. The number of piperidine rings is 1. The number of nitrogens with two attached hydrogens (primary N) is 1. The Kier molecular flexibility index (Phi) is 8.14. The van der Waals surface area contributed by atoms with Gasteiger partial charge in [-0.2, -0.15) is 23.1 Å². The van der Waals surface area contributed by atoms with Crippen LogP contribution in [0.3, 0.4) is 0 Å². The number of alkyl halides is 4. The summed E-state index contributed by atoms with van der Waals surface area (Å²) in [6.45, 7) is 1.37. The number of hydrogen-bond donors (Lipinski definition) is 2. The highest BCUT2D eigenvalue weighted by Crippen LogP contribution is 2.47. The van der Waals surface area contributed by atoms with Crippen LogP contribution in [-0.2, 0) is 10.9 Å². The summed E-state index contributed by atoms with van der Waals surface area (Å²) in [6.07, 6.45) is -4.39. The van der Waals surface area contributed by atoms with Crippen LogP contribution in [0, 0.1) is 11.6 Å². The molecular weight excluding hydrogens is 704 g/mol. The van der Waals surface area contributed by atoms with Crippen molar-refractivity contribution in [2.45, 2.75) is 55.6 Å². The molecule has 11 nitrogen and oxygen atoms in total. The number of carbonyl (C=O) groups excluding carboxylic acids is 1. The average Bonchev–Trinajstić information content (AvgIpc) is 3.82. The summed E-state index contributed by atoms with van der Waals surface area (Å²) < 4.78 is 103. The van der Waals surface area contributed by atoms with Crippen LogP contribution < -0.4 is 15.4 Å². The Morgan fingerprint density at radius 3 is 2.63 bits per heavy atom. The highest BCUT2D eigenvalue weighted by Gasteiger charge is 2.50. The fourth-order valence-corrected chi connectivity index (χ4v) is 8.96. The molecule has 0 saturated carbocycles. The van der Waals surface area contributed by atoms with E-state index in [1.54, 1.807) is 4.90 Å². The van der Waals surface area contributed by atoms with Gasteiger partial charge in [0.05, 0.1) is 34.5 Å². The van der Waals surface area contributed by atoms with Crippen LogP contribution in [0.25, 0.3) is 32.2 Å². The smallest absolute Gasteiger partial charge is 0.417 e. The zero-order valence-corrected chi connectivity index (χ0v) is 27.9. The Labute approximate surface area is 290 Å². The summed E-state index contributed by atoms with van der Waals surface area (Å²) >= 11 is 0.729. The first-order valence-electron chi connectivity index (χ1n) is 16.6. The van der Waals surface area contributed by atoms with Gasteiger partial charge in [0.1, 0.15) is 35.5 Å². The lowest BCUT2D eigenvalue weighted by molar-refractivity contribution is -0.137. The zero-order valence-electron chi connectivity index (χ0n) is 27.1. The molecule has 272 valence electrons. The van der Waals surface area contributed by atoms with Crippen LogP contribution in [-0.4, -0.2) is 106 Å². The molecule has 0 bridgehead atoms. The molecule has 0 unspecified atom stereocenters. The van der Waals surface area contributed by atoms with Gasteiger partial charge in [0.2, 0.25) is 0 Å². The molecule has 6 heterocycles. The van der Waals surface area contributed by atoms with Gasteiger partial charge < -0.3 is 30.1 Å². The van der Waals surface area contributed by atoms with Gasteiger partial charge in [-0.3, -0.25) is 4.90 Å². The van der Waals surface area contributed by atoms with Crippen molar-refractivity contribution in [2.24, 2.45) is 0 Å². The molecule has 4 aromatic rings. The number of aromatic nitrogens is 3. The predicted molar refractivity (Wildman–Crippen MR) is 175 cm³/mol. The lowest BCUT2D eigenvalue weighted by Gasteiger charge is -2.38. The Morgan fingerprint density at radius 1 is 1.10 bits per heavy atom. The first-order chi connectivity index (χ1) is 24.3. The number of amides is 1. The van der Waals surface area contributed by atoms with Crippen LogP contribution in [0.4, 0.5) is 42.1 Å². The summed E-state index contributed by atoms with van der Waals surface area (Å²) in [5.41, 5.74) is 1.09. The number of fused-ring (bicyclic) bond motifs is 3. The lowest BCUT2D eigenvalue weighted by atomic mass is 9.91. The molecule has 4 aliphatic heterocycles. The molecule has 2 aromatic carbocycles. The van der Waals surface area contributed by atoms with Crippen molar-refractivity contribution in [3.05, 3.63) is 35.4 Å². The van der Waals surface area contributed by atoms with Gasteiger partial charge in [0, 0.05) is 62.0 Å². The lowest BCUT2D eigenvalue weighted by Crippen LogP contribution is -2.47. The number of anilines is 2. The quantitative estimate of drug-likeness (QED) is 0.234. The third-order valence-electron chi connectivity index (χ3n) is 10.6. The molecule has 1 amide bonds.